The lowest BCUT2D eigenvalue weighted by Gasteiger charge is -2.19. The first-order valence-corrected chi connectivity index (χ1v) is 7.91. The average Bonchev–Trinajstić information content (AvgIpc) is 2.42. The van der Waals surface area contributed by atoms with E-state index in [0.717, 1.165) is 32.2 Å². The van der Waals surface area contributed by atoms with E-state index >= 15 is 0 Å². The van der Waals surface area contributed by atoms with Gasteiger partial charge in [0.25, 0.3) is 0 Å². The van der Waals surface area contributed by atoms with Crippen LogP contribution in [0.2, 0.25) is 0 Å². The van der Waals surface area contributed by atoms with Gasteiger partial charge < -0.3 is 11.5 Å². The summed E-state index contributed by atoms with van der Waals surface area (Å²) in [5.74, 6) is 1.27. The highest BCUT2D eigenvalue weighted by Crippen LogP contribution is 2.14. The highest BCUT2D eigenvalue weighted by atomic mass is 14.6. The van der Waals surface area contributed by atoms with Crippen molar-refractivity contribution in [2.75, 3.05) is 6.54 Å². The zero-order valence-corrected chi connectivity index (χ0v) is 13.1. The summed E-state index contributed by atoms with van der Waals surface area (Å²) in [4.78, 5) is 0. The van der Waals surface area contributed by atoms with E-state index in [1.54, 1.807) is 0 Å². The molecule has 0 saturated carbocycles. The van der Waals surface area contributed by atoms with Crippen molar-refractivity contribution in [3.8, 4) is 0 Å². The molecular weight excluding hydrogens is 232 g/mol. The van der Waals surface area contributed by atoms with E-state index in [4.69, 9.17) is 11.5 Å². The molecule has 0 aromatic rings. The third-order valence-electron chi connectivity index (χ3n) is 3.84. The highest BCUT2D eigenvalue weighted by Gasteiger charge is 2.11. The van der Waals surface area contributed by atoms with Gasteiger partial charge in [-0.15, -0.1) is 0 Å². The second-order valence-electron chi connectivity index (χ2n) is 5.57. The molecule has 2 nitrogen and oxygen atoms in total. The molecule has 2 unspecified atom stereocenters. The van der Waals surface area contributed by atoms with Crippen molar-refractivity contribution < 1.29 is 0 Å². The zero-order valence-electron chi connectivity index (χ0n) is 13.1. The van der Waals surface area contributed by atoms with Crippen LogP contribution in [0.5, 0.6) is 0 Å². The normalized spacial score (nSPS) is 15.7. The Bertz CT molecular complexity index is 242. The fourth-order valence-corrected chi connectivity index (χ4v) is 2.19. The van der Waals surface area contributed by atoms with Crippen molar-refractivity contribution in [2.24, 2.45) is 23.3 Å². The lowest BCUT2D eigenvalue weighted by molar-refractivity contribution is 0.397. The maximum absolute atomic E-state index is 6.17. The van der Waals surface area contributed by atoms with Gasteiger partial charge in [-0.3, -0.25) is 0 Å². The Hall–Kier alpha value is -0.600. The first kappa shape index (κ1) is 18.4. The lowest BCUT2D eigenvalue weighted by atomic mass is 9.92. The van der Waals surface area contributed by atoms with Crippen molar-refractivity contribution in [3.63, 3.8) is 0 Å². The van der Waals surface area contributed by atoms with Gasteiger partial charge in [-0.2, -0.15) is 0 Å². The van der Waals surface area contributed by atoms with E-state index in [-0.39, 0.29) is 0 Å². The minimum Gasteiger partial charge on any atom is -0.330 e. The van der Waals surface area contributed by atoms with E-state index in [1.807, 2.05) is 0 Å². The molecule has 0 spiro atoms. The predicted octanol–water partition coefficient (Wildman–Crippen LogP) is 4.02. The van der Waals surface area contributed by atoms with Gasteiger partial charge >= 0.3 is 0 Å². The number of rotatable bonds is 11. The fourth-order valence-electron chi connectivity index (χ4n) is 2.19. The second-order valence-corrected chi connectivity index (χ2v) is 5.57. The van der Waals surface area contributed by atoms with Gasteiger partial charge in [-0.05, 0) is 44.1 Å². The number of hydrogen-bond donors (Lipinski definition) is 2. The summed E-state index contributed by atoms with van der Waals surface area (Å²) >= 11 is 0. The first-order chi connectivity index (χ1) is 9.15. The quantitative estimate of drug-likeness (QED) is 0.438. The van der Waals surface area contributed by atoms with Crippen molar-refractivity contribution in [1.29, 1.82) is 0 Å². The van der Waals surface area contributed by atoms with Crippen LogP contribution in [-0.2, 0) is 0 Å². The van der Waals surface area contributed by atoms with Crippen LogP contribution in [-0.4, -0.2) is 12.6 Å². The van der Waals surface area contributed by atoms with Gasteiger partial charge in [0.05, 0.1) is 0 Å². The average molecular weight is 266 g/mol. The topological polar surface area (TPSA) is 52.0 Å². The summed E-state index contributed by atoms with van der Waals surface area (Å²) in [6.45, 7) is 7.41. The van der Waals surface area contributed by atoms with Crippen LogP contribution in [0.3, 0.4) is 0 Å². The van der Waals surface area contributed by atoms with Crippen LogP contribution >= 0.6 is 0 Å². The molecule has 0 saturated heterocycles. The van der Waals surface area contributed by atoms with E-state index in [1.165, 1.54) is 12.8 Å². The Morgan fingerprint density at radius 3 is 1.89 bits per heavy atom. The number of unbranched alkanes of at least 4 members (excludes halogenated alkanes) is 1. The van der Waals surface area contributed by atoms with Crippen LogP contribution in [0, 0.1) is 11.8 Å². The van der Waals surface area contributed by atoms with E-state index in [9.17, 15) is 0 Å². The third-order valence-corrected chi connectivity index (χ3v) is 3.84. The summed E-state index contributed by atoms with van der Waals surface area (Å²) in [5.41, 5.74) is 11.7. The summed E-state index contributed by atoms with van der Waals surface area (Å²) in [6.07, 6.45) is 15.7. The number of nitrogens with two attached hydrogens (primary N) is 2. The molecule has 0 fully saturated rings. The van der Waals surface area contributed by atoms with Gasteiger partial charge in [-0.1, -0.05) is 57.9 Å². The largest absolute Gasteiger partial charge is 0.330 e. The molecule has 0 rings (SSSR count). The Morgan fingerprint density at radius 2 is 1.42 bits per heavy atom. The van der Waals surface area contributed by atoms with Crippen molar-refractivity contribution in [3.05, 3.63) is 24.3 Å². The molecule has 0 aliphatic carbocycles. The zero-order chi connectivity index (χ0) is 14.5. The van der Waals surface area contributed by atoms with Crippen LogP contribution in [0.15, 0.2) is 24.3 Å². The third kappa shape index (κ3) is 9.92. The molecule has 0 aromatic heterocycles. The summed E-state index contributed by atoms with van der Waals surface area (Å²) in [6, 6.07) is 0.326. The van der Waals surface area contributed by atoms with Gasteiger partial charge in [0.1, 0.15) is 0 Å². The smallest absolute Gasteiger partial charge is 0.0102 e. The minimum atomic E-state index is 0.326. The Kier molecular flexibility index (Phi) is 12.0. The Morgan fingerprint density at radius 1 is 0.895 bits per heavy atom. The Labute approximate surface area is 120 Å². The van der Waals surface area contributed by atoms with E-state index < -0.39 is 0 Å². The van der Waals surface area contributed by atoms with Gasteiger partial charge in [0.15, 0.2) is 0 Å². The molecule has 0 heterocycles. The molecule has 19 heavy (non-hydrogen) atoms. The first-order valence-electron chi connectivity index (χ1n) is 7.91. The summed E-state index contributed by atoms with van der Waals surface area (Å²) in [5, 5.41) is 0. The van der Waals surface area contributed by atoms with Crippen LogP contribution < -0.4 is 11.5 Å². The number of hydrogen-bond acceptors (Lipinski definition) is 2. The molecule has 2 atom stereocenters. The molecule has 0 aromatic carbocycles. The maximum atomic E-state index is 6.17. The molecule has 0 amide bonds. The fraction of sp³-hybridized carbons (Fsp3) is 0.765. The monoisotopic (exact) mass is 266 g/mol. The van der Waals surface area contributed by atoms with E-state index in [0.29, 0.717) is 17.9 Å². The molecule has 0 aliphatic heterocycles. The molecule has 4 N–H and O–H groups in total. The molecule has 0 aliphatic rings. The summed E-state index contributed by atoms with van der Waals surface area (Å²) in [7, 11) is 0. The van der Waals surface area contributed by atoms with Crippen LogP contribution in [0.25, 0.3) is 0 Å². The van der Waals surface area contributed by atoms with Crippen molar-refractivity contribution >= 4 is 0 Å². The molecule has 0 radical (unpaired) electrons. The SMILES string of the molecule is CCC(CC)C(N)CC=CCCC=CCC(C)CN. The minimum absolute atomic E-state index is 0.326. The second kappa shape index (κ2) is 12.4. The highest BCUT2D eigenvalue weighted by molar-refractivity contribution is 4.91. The molecule has 2 heteroatoms. The van der Waals surface area contributed by atoms with E-state index in [2.05, 4.69) is 45.1 Å². The lowest BCUT2D eigenvalue weighted by Crippen LogP contribution is -2.28. The number of allylic oxidation sites excluding steroid dienone is 3. The molecule has 112 valence electrons. The van der Waals surface area contributed by atoms with Crippen molar-refractivity contribution in [1.82, 2.24) is 0 Å². The molecule has 0 bridgehead atoms. The molecular formula is C17H34N2. The van der Waals surface area contributed by atoms with Gasteiger partial charge in [-0.25, -0.2) is 0 Å². The van der Waals surface area contributed by atoms with Crippen LogP contribution in [0.1, 0.15) is 59.3 Å². The van der Waals surface area contributed by atoms with Crippen molar-refractivity contribution in [2.45, 2.75) is 65.3 Å². The predicted molar refractivity (Wildman–Crippen MR) is 87.0 cm³/mol. The Balaban J connectivity index is 3.63. The summed E-state index contributed by atoms with van der Waals surface area (Å²) < 4.78 is 0. The van der Waals surface area contributed by atoms with Gasteiger partial charge in [0, 0.05) is 6.04 Å². The van der Waals surface area contributed by atoms with Gasteiger partial charge in [0.2, 0.25) is 0 Å². The maximum Gasteiger partial charge on any atom is 0.0102 e. The van der Waals surface area contributed by atoms with Crippen LogP contribution in [0.4, 0.5) is 0 Å². The standard InChI is InChI=1S/C17H34N2/c1-4-16(5-2)17(19)13-11-9-7-6-8-10-12-15(3)14-18/h8-11,15-17H,4-7,12-14,18-19H2,1-3H3.